The highest BCUT2D eigenvalue weighted by Gasteiger charge is 2.62. The zero-order valence-corrected chi connectivity index (χ0v) is 18.5. The molecule has 26 heavy (non-hydrogen) atoms. The number of halogens is 2. The molecule has 0 aromatic carbocycles. The van der Waals surface area contributed by atoms with Gasteiger partial charge in [0.15, 0.2) is 0 Å². The molecule has 1 amide bonds. The van der Waals surface area contributed by atoms with E-state index >= 15 is 0 Å². The van der Waals surface area contributed by atoms with Gasteiger partial charge in [0, 0.05) is 25.0 Å². The van der Waals surface area contributed by atoms with E-state index < -0.39 is 5.54 Å². The number of amides is 1. The van der Waals surface area contributed by atoms with Crippen LogP contribution in [0.1, 0.15) is 59.8 Å². The molecule has 0 aromatic rings. The van der Waals surface area contributed by atoms with E-state index in [1.807, 2.05) is 20.8 Å². The largest absolute Gasteiger partial charge is 0.378 e. The number of unbranched alkanes of at least 4 members (excludes halogenated alkanes) is 1. The molecule has 156 valence electrons. The highest BCUT2D eigenvalue weighted by atomic mass is 35.5. The number of piperidine rings is 1. The zero-order valence-electron chi connectivity index (χ0n) is 16.9. The molecule has 3 N–H and O–H groups in total. The fourth-order valence-electron chi connectivity index (χ4n) is 3.93. The lowest BCUT2D eigenvalue weighted by Crippen LogP contribution is -2.75. The predicted molar refractivity (Wildman–Crippen MR) is 112 cm³/mol. The summed E-state index contributed by atoms with van der Waals surface area (Å²) in [5, 5.41) is 3.05. The Balaban J connectivity index is 0.00000312. The summed E-state index contributed by atoms with van der Waals surface area (Å²) < 4.78 is 5.69. The Morgan fingerprint density at radius 3 is 2.38 bits per heavy atom. The molecular formula is C19H39Cl2N3O2. The number of nitrogens with one attached hydrogen (secondary N) is 1. The molecular weight excluding hydrogens is 373 g/mol. The van der Waals surface area contributed by atoms with Crippen LogP contribution in [0.15, 0.2) is 0 Å². The zero-order chi connectivity index (χ0) is 17.8. The van der Waals surface area contributed by atoms with E-state index in [0.29, 0.717) is 13.0 Å². The molecule has 0 aromatic heterocycles. The monoisotopic (exact) mass is 411 g/mol. The molecule has 2 atom stereocenters. The van der Waals surface area contributed by atoms with Crippen molar-refractivity contribution in [3.63, 3.8) is 0 Å². The molecule has 0 bridgehead atoms. The summed E-state index contributed by atoms with van der Waals surface area (Å²) >= 11 is 0. The van der Waals surface area contributed by atoms with Gasteiger partial charge in [-0.05, 0) is 58.2 Å². The number of ether oxygens (including phenoxy) is 1. The van der Waals surface area contributed by atoms with E-state index in [4.69, 9.17) is 10.5 Å². The van der Waals surface area contributed by atoms with Gasteiger partial charge in [0.05, 0.1) is 6.10 Å². The van der Waals surface area contributed by atoms with Crippen molar-refractivity contribution in [3.05, 3.63) is 0 Å². The average Bonchev–Trinajstić information content (AvgIpc) is 2.55. The van der Waals surface area contributed by atoms with Crippen LogP contribution in [0.5, 0.6) is 0 Å². The van der Waals surface area contributed by atoms with Gasteiger partial charge in [-0.3, -0.25) is 4.79 Å². The molecule has 2 rings (SSSR count). The number of carbonyl (C=O) groups excluding carboxylic acids is 1. The smallest absolute Gasteiger partial charge is 0.240 e. The first-order valence-corrected chi connectivity index (χ1v) is 9.72. The fraction of sp³-hybridized carbons (Fsp3) is 0.947. The second-order valence-corrected chi connectivity index (χ2v) is 8.33. The highest BCUT2D eigenvalue weighted by molar-refractivity contribution is 5.88. The van der Waals surface area contributed by atoms with Crippen molar-refractivity contribution in [3.8, 4) is 0 Å². The van der Waals surface area contributed by atoms with Gasteiger partial charge in [0.1, 0.15) is 5.54 Å². The van der Waals surface area contributed by atoms with Crippen molar-refractivity contribution < 1.29 is 9.53 Å². The van der Waals surface area contributed by atoms with Gasteiger partial charge in [0.2, 0.25) is 5.91 Å². The molecule has 5 nitrogen and oxygen atoms in total. The van der Waals surface area contributed by atoms with E-state index in [1.165, 1.54) is 25.9 Å². The summed E-state index contributed by atoms with van der Waals surface area (Å²) in [6.45, 7) is 13.4. The molecule has 0 radical (unpaired) electrons. The van der Waals surface area contributed by atoms with Crippen LogP contribution in [0.3, 0.4) is 0 Å². The van der Waals surface area contributed by atoms with Crippen LogP contribution in [0.2, 0.25) is 0 Å². The van der Waals surface area contributed by atoms with Gasteiger partial charge in [-0.25, -0.2) is 0 Å². The molecule has 1 aliphatic carbocycles. The number of nitrogens with zero attached hydrogens (tertiary/aromatic N) is 1. The minimum Gasteiger partial charge on any atom is -0.378 e. The van der Waals surface area contributed by atoms with Crippen molar-refractivity contribution >= 4 is 30.7 Å². The molecule has 1 aliphatic heterocycles. The third-order valence-corrected chi connectivity index (χ3v) is 6.30. The van der Waals surface area contributed by atoms with Crippen molar-refractivity contribution in [2.75, 3.05) is 32.8 Å². The second kappa shape index (κ2) is 11.1. The molecule has 0 spiro atoms. The Bertz CT molecular complexity index is 429. The average molecular weight is 412 g/mol. The summed E-state index contributed by atoms with van der Waals surface area (Å²) in [6, 6.07) is 0. The number of likely N-dealkylation sites (tertiary alicyclic amines) is 1. The maximum atomic E-state index is 12.5. The maximum Gasteiger partial charge on any atom is 0.240 e. The van der Waals surface area contributed by atoms with Crippen LogP contribution in [-0.2, 0) is 9.53 Å². The first kappa shape index (κ1) is 25.9. The van der Waals surface area contributed by atoms with E-state index in [1.54, 1.807) is 0 Å². The first-order chi connectivity index (χ1) is 11.3. The van der Waals surface area contributed by atoms with Crippen LogP contribution in [0, 0.1) is 11.3 Å². The minimum atomic E-state index is -0.796. The van der Waals surface area contributed by atoms with Crippen LogP contribution in [0.4, 0.5) is 0 Å². The van der Waals surface area contributed by atoms with Crippen LogP contribution >= 0.6 is 24.8 Å². The number of rotatable bonds is 8. The molecule has 2 aliphatic rings. The third-order valence-electron chi connectivity index (χ3n) is 6.30. The SMILES string of the molecule is CCOC1CC(N)(C(=O)NCCCCN2CCC(C)CC2)C1(C)C.Cl.Cl. The first-order valence-electron chi connectivity index (χ1n) is 9.72. The fourth-order valence-corrected chi connectivity index (χ4v) is 3.93. The number of hydrogen-bond donors (Lipinski definition) is 2. The summed E-state index contributed by atoms with van der Waals surface area (Å²) in [5.41, 5.74) is 5.29. The summed E-state index contributed by atoms with van der Waals surface area (Å²) in [7, 11) is 0. The number of carbonyl (C=O) groups is 1. The van der Waals surface area contributed by atoms with Crippen LogP contribution in [-0.4, -0.2) is 55.2 Å². The Kier molecular flexibility index (Phi) is 11.0. The number of nitrogens with two attached hydrogens (primary N) is 1. The predicted octanol–water partition coefficient (Wildman–Crippen LogP) is 2.99. The van der Waals surface area contributed by atoms with Gasteiger partial charge in [-0.1, -0.05) is 20.8 Å². The summed E-state index contributed by atoms with van der Waals surface area (Å²) in [5.74, 6) is 0.864. The quantitative estimate of drug-likeness (QED) is 0.602. The van der Waals surface area contributed by atoms with E-state index in [-0.39, 0.29) is 42.2 Å². The maximum absolute atomic E-state index is 12.5. The van der Waals surface area contributed by atoms with Gasteiger partial charge < -0.3 is 20.7 Å². The van der Waals surface area contributed by atoms with Gasteiger partial charge in [0.25, 0.3) is 0 Å². The molecule has 2 unspecified atom stereocenters. The van der Waals surface area contributed by atoms with E-state index in [9.17, 15) is 4.79 Å². The van der Waals surface area contributed by atoms with Crippen molar-refractivity contribution in [1.29, 1.82) is 0 Å². The van der Waals surface area contributed by atoms with Crippen molar-refractivity contribution in [2.24, 2.45) is 17.1 Å². The molecule has 1 heterocycles. The topological polar surface area (TPSA) is 67.6 Å². The normalized spacial score (nSPS) is 28.4. The second-order valence-electron chi connectivity index (χ2n) is 8.33. The Morgan fingerprint density at radius 1 is 1.23 bits per heavy atom. The van der Waals surface area contributed by atoms with Crippen molar-refractivity contribution in [2.45, 2.75) is 71.4 Å². The minimum absolute atomic E-state index is 0. The van der Waals surface area contributed by atoms with Crippen molar-refractivity contribution in [1.82, 2.24) is 10.2 Å². The lowest BCUT2D eigenvalue weighted by atomic mass is 9.54. The lowest BCUT2D eigenvalue weighted by Gasteiger charge is -2.57. The molecule has 2 fully saturated rings. The molecule has 1 saturated heterocycles. The Morgan fingerprint density at radius 2 is 1.85 bits per heavy atom. The van der Waals surface area contributed by atoms with Gasteiger partial charge in [-0.2, -0.15) is 0 Å². The molecule has 1 saturated carbocycles. The van der Waals surface area contributed by atoms with E-state index in [0.717, 1.165) is 31.8 Å². The third kappa shape index (κ3) is 5.71. The van der Waals surface area contributed by atoms with Crippen LogP contribution in [0.25, 0.3) is 0 Å². The summed E-state index contributed by atoms with van der Waals surface area (Å²) in [4.78, 5) is 15.1. The van der Waals surface area contributed by atoms with Gasteiger partial charge >= 0.3 is 0 Å². The van der Waals surface area contributed by atoms with Gasteiger partial charge in [-0.15, -0.1) is 24.8 Å². The van der Waals surface area contributed by atoms with Crippen LogP contribution < -0.4 is 11.1 Å². The van der Waals surface area contributed by atoms with E-state index in [2.05, 4.69) is 17.1 Å². The Labute approximate surface area is 172 Å². The molecule has 7 heteroatoms. The lowest BCUT2D eigenvalue weighted by molar-refractivity contribution is -0.170. The standard InChI is InChI=1S/C19H37N3O2.2ClH/c1-5-24-16-14-19(20,18(16,3)4)17(23)21-10-6-7-11-22-12-8-15(2)9-13-22;;/h15-16H,5-14,20H2,1-4H3,(H,21,23);2*1H. The summed E-state index contributed by atoms with van der Waals surface area (Å²) in [6.07, 6.45) is 5.50. The Hall–Kier alpha value is -0.0700. The highest BCUT2D eigenvalue weighted by Crippen LogP contribution is 2.49. The number of hydrogen-bond acceptors (Lipinski definition) is 4.